The van der Waals surface area contributed by atoms with E-state index in [9.17, 15) is 0 Å². The molecule has 0 unspecified atom stereocenters. The highest BCUT2D eigenvalue weighted by atomic mass is 14.0. The van der Waals surface area contributed by atoms with Gasteiger partial charge in [-0.15, -0.1) is 6.58 Å². The Kier molecular flexibility index (Phi) is 11.6. The van der Waals surface area contributed by atoms with Crippen molar-refractivity contribution in [3.8, 4) is 0 Å². The van der Waals surface area contributed by atoms with Crippen molar-refractivity contribution in [2.75, 3.05) is 0 Å². The summed E-state index contributed by atoms with van der Waals surface area (Å²) in [4.78, 5) is 0. The van der Waals surface area contributed by atoms with Crippen molar-refractivity contribution >= 4 is 0 Å². The van der Waals surface area contributed by atoms with Crippen LogP contribution in [-0.2, 0) is 6.42 Å². The van der Waals surface area contributed by atoms with Crippen LogP contribution in [0.1, 0.15) is 69.8 Å². The Hall–Kier alpha value is -1.30. The maximum absolute atomic E-state index is 3.76. The fourth-order valence-electron chi connectivity index (χ4n) is 2.56. The number of unbranched alkanes of at least 4 members (excludes halogenated alkanes) is 9. The summed E-state index contributed by atoms with van der Waals surface area (Å²) in [5.74, 6) is 0. The van der Waals surface area contributed by atoms with Gasteiger partial charge in [0.1, 0.15) is 0 Å². The molecule has 1 rings (SSSR count). The normalized spacial score (nSPS) is 11.0. The Morgan fingerprint density at radius 2 is 1.24 bits per heavy atom. The molecule has 21 heavy (non-hydrogen) atoms. The number of allylic oxidation sites excluding steroid dienone is 3. The molecule has 0 aliphatic heterocycles. The summed E-state index contributed by atoms with van der Waals surface area (Å²) < 4.78 is 0. The number of benzene rings is 1. The molecule has 1 aromatic carbocycles. The molecule has 0 amide bonds. The second kappa shape index (κ2) is 13.7. The van der Waals surface area contributed by atoms with Gasteiger partial charge in [0.05, 0.1) is 0 Å². The van der Waals surface area contributed by atoms with Crippen LogP contribution in [0.2, 0.25) is 0 Å². The minimum atomic E-state index is 1.07. The zero-order chi connectivity index (χ0) is 15.0. The highest BCUT2D eigenvalue weighted by molar-refractivity contribution is 5.17. The van der Waals surface area contributed by atoms with E-state index in [2.05, 4.69) is 49.1 Å². The largest absolute Gasteiger partial charge is 0.103 e. The summed E-state index contributed by atoms with van der Waals surface area (Å²) in [6, 6.07) is 10.7. The summed E-state index contributed by atoms with van der Waals surface area (Å²) in [5, 5.41) is 0. The molecule has 0 aliphatic rings. The Bertz CT molecular complexity index is 361. The monoisotopic (exact) mass is 284 g/mol. The molecule has 116 valence electrons. The lowest BCUT2D eigenvalue weighted by Crippen LogP contribution is -1.81. The fraction of sp³-hybridized carbons (Fsp3) is 0.524. The molecule has 0 atom stereocenters. The summed E-state index contributed by atoms with van der Waals surface area (Å²) in [5.41, 5.74) is 1.41. The zero-order valence-electron chi connectivity index (χ0n) is 13.6. The molecule has 0 spiro atoms. The first kappa shape index (κ1) is 17.8. The van der Waals surface area contributed by atoms with E-state index < -0.39 is 0 Å². The number of hydrogen-bond donors (Lipinski definition) is 0. The molecular formula is C21H32. The van der Waals surface area contributed by atoms with E-state index in [4.69, 9.17) is 0 Å². The van der Waals surface area contributed by atoms with Crippen LogP contribution in [0.15, 0.2) is 55.1 Å². The number of rotatable bonds is 13. The van der Waals surface area contributed by atoms with Gasteiger partial charge in [-0.2, -0.15) is 0 Å². The molecule has 0 fully saturated rings. The molecule has 0 radical (unpaired) electrons. The minimum absolute atomic E-state index is 1.07. The van der Waals surface area contributed by atoms with Crippen molar-refractivity contribution in [2.24, 2.45) is 0 Å². The lowest BCUT2D eigenvalue weighted by molar-refractivity contribution is 0.571. The zero-order valence-corrected chi connectivity index (χ0v) is 13.6. The van der Waals surface area contributed by atoms with Crippen LogP contribution in [0.25, 0.3) is 0 Å². The maximum atomic E-state index is 3.76. The quantitative estimate of drug-likeness (QED) is 0.274. The van der Waals surface area contributed by atoms with Gasteiger partial charge in [0.2, 0.25) is 0 Å². The van der Waals surface area contributed by atoms with Crippen molar-refractivity contribution in [3.63, 3.8) is 0 Å². The van der Waals surface area contributed by atoms with Gasteiger partial charge in [-0.05, 0) is 37.7 Å². The second-order valence-electron chi connectivity index (χ2n) is 5.86. The molecule has 0 saturated heterocycles. The van der Waals surface area contributed by atoms with E-state index in [1.165, 1.54) is 69.8 Å². The van der Waals surface area contributed by atoms with Crippen molar-refractivity contribution < 1.29 is 0 Å². The van der Waals surface area contributed by atoms with Gasteiger partial charge in [-0.1, -0.05) is 87.1 Å². The molecule has 1 aromatic rings. The Morgan fingerprint density at radius 1 is 0.667 bits per heavy atom. The van der Waals surface area contributed by atoms with E-state index in [0.29, 0.717) is 0 Å². The van der Waals surface area contributed by atoms with E-state index in [0.717, 1.165) is 6.42 Å². The van der Waals surface area contributed by atoms with E-state index in [1.54, 1.807) is 0 Å². The van der Waals surface area contributed by atoms with Crippen LogP contribution in [0, 0.1) is 0 Å². The molecule has 0 saturated carbocycles. The molecular weight excluding hydrogens is 252 g/mol. The first-order chi connectivity index (χ1) is 10.4. The average molecular weight is 284 g/mol. The Labute approximate surface area is 132 Å². The minimum Gasteiger partial charge on any atom is -0.103 e. The van der Waals surface area contributed by atoms with E-state index in [1.807, 2.05) is 6.08 Å². The first-order valence-corrected chi connectivity index (χ1v) is 8.73. The molecule has 0 bridgehead atoms. The van der Waals surface area contributed by atoms with Gasteiger partial charge in [0.15, 0.2) is 0 Å². The van der Waals surface area contributed by atoms with Crippen LogP contribution in [-0.4, -0.2) is 0 Å². The molecule has 0 aromatic heterocycles. The Balaban J connectivity index is 1.83. The smallest absolute Gasteiger partial charge is 0.00975 e. The fourth-order valence-corrected chi connectivity index (χ4v) is 2.56. The third-order valence-corrected chi connectivity index (χ3v) is 3.89. The van der Waals surface area contributed by atoms with E-state index >= 15 is 0 Å². The highest BCUT2D eigenvalue weighted by Gasteiger charge is 1.91. The van der Waals surface area contributed by atoms with Crippen LogP contribution in [0.5, 0.6) is 0 Å². The van der Waals surface area contributed by atoms with Gasteiger partial charge < -0.3 is 0 Å². The van der Waals surface area contributed by atoms with Crippen LogP contribution >= 0.6 is 0 Å². The number of hydrogen-bond acceptors (Lipinski definition) is 0. The van der Waals surface area contributed by atoms with Crippen LogP contribution < -0.4 is 0 Å². The summed E-state index contributed by atoms with van der Waals surface area (Å²) in [6.07, 6.45) is 21.3. The summed E-state index contributed by atoms with van der Waals surface area (Å²) in [7, 11) is 0. The van der Waals surface area contributed by atoms with Crippen LogP contribution in [0.3, 0.4) is 0 Å². The topological polar surface area (TPSA) is 0 Å². The third-order valence-electron chi connectivity index (χ3n) is 3.89. The Morgan fingerprint density at radius 3 is 1.86 bits per heavy atom. The lowest BCUT2D eigenvalue weighted by atomic mass is 10.1. The van der Waals surface area contributed by atoms with Crippen molar-refractivity contribution in [2.45, 2.75) is 70.6 Å². The standard InChI is InChI=1S/C21H32/c1-2-3-4-5-6-7-8-9-10-11-12-13-15-18-21-19-16-14-17-20-21/h2,13-17,19-20H,1,3-12,18H2. The van der Waals surface area contributed by atoms with Gasteiger partial charge in [0, 0.05) is 0 Å². The summed E-state index contributed by atoms with van der Waals surface area (Å²) >= 11 is 0. The predicted molar refractivity (Wildman–Crippen MR) is 95.7 cm³/mol. The lowest BCUT2D eigenvalue weighted by Gasteiger charge is -2.00. The van der Waals surface area contributed by atoms with Crippen molar-refractivity contribution in [1.82, 2.24) is 0 Å². The van der Waals surface area contributed by atoms with Crippen LogP contribution in [0.4, 0.5) is 0 Å². The van der Waals surface area contributed by atoms with Gasteiger partial charge in [-0.3, -0.25) is 0 Å². The second-order valence-corrected chi connectivity index (χ2v) is 5.86. The maximum Gasteiger partial charge on any atom is -0.00975 e. The highest BCUT2D eigenvalue weighted by Crippen LogP contribution is 2.11. The van der Waals surface area contributed by atoms with Gasteiger partial charge in [-0.25, -0.2) is 0 Å². The summed E-state index contributed by atoms with van der Waals surface area (Å²) in [6.45, 7) is 3.76. The third kappa shape index (κ3) is 11.1. The van der Waals surface area contributed by atoms with Gasteiger partial charge >= 0.3 is 0 Å². The molecule has 0 N–H and O–H groups in total. The van der Waals surface area contributed by atoms with Crippen molar-refractivity contribution in [3.05, 3.63) is 60.7 Å². The van der Waals surface area contributed by atoms with Crippen molar-refractivity contribution in [1.29, 1.82) is 0 Å². The first-order valence-electron chi connectivity index (χ1n) is 8.73. The predicted octanol–water partition coefficient (Wildman–Crippen LogP) is 6.87. The molecule has 0 heteroatoms. The average Bonchev–Trinajstić information content (AvgIpc) is 2.53. The molecule has 0 aliphatic carbocycles. The van der Waals surface area contributed by atoms with Gasteiger partial charge in [0.25, 0.3) is 0 Å². The molecule has 0 heterocycles. The SMILES string of the molecule is C=CCCCCCCCCCCC=CCc1ccccc1. The van der Waals surface area contributed by atoms with E-state index in [-0.39, 0.29) is 0 Å². The molecule has 0 nitrogen and oxygen atoms in total.